The van der Waals surface area contributed by atoms with Gasteiger partial charge in [-0.3, -0.25) is 4.90 Å². The number of benzene rings is 1. The Balaban J connectivity index is 1.86. The fourth-order valence-electron chi connectivity index (χ4n) is 4.86. The maximum Gasteiger partial charge on any atom is 0.387 e. The standard InChI is InChI=1S/C25H33F5N2O3S/c1-24(2,3)16-9-25(14-34-15-33,8-7-20(27)28)13-32(11-16)12-17-10-31-22(36-17)21-18(26)5-4-6-19(21)35-23(29)30/h4-6,10,16,20,23,33H,7-9,11-15H2,1-3H3/t16-,25-/m1/s1. The predicted molar refractivity (Wildman–Crippen MR) is 128 cm³/mol. The Hall–Kier alpha value is -1.82. The highest BCUT2D eigenvalue weighted by Crippen LogP contribution is 2.45. The summed E-state index contributed by atoms with van der Waals surface area (Å²) < 4.78 is 76.4. The number of piperidine rings is 1. The summed E-state index contributed by atoms with van der Waals surface area (Å²) >= 11 is 1.17. The van der Waals surface area contributed by atoms with E-state index in [1.165, 1.54) is 23.5 Å². The molecular weight excluding hydrogens is 503 g/mol. The lowest BCUT2D eigenvalue weighted by Gasteiger charge is -2.50. The third kappa shape index (κ3) is 7.60. The smallest absolute Gasteiger partial charge is 0.387 e. The lowest BCUT2D eigenvalue weighted by atomic mass is 9.65. The van der Waals surface area contributed by atoms with Gasteiger partial charge in [0.2, 0.25) is 6.43 Å². The van der Waals surface area contributed by atoms with Gasteiger partial charge in [-0.25, -0.2) is 18.2 Å². The number of aliphatic hydroxyl groups is 1. The number of aromatic nitrogens is 1. The van der Waals surface area contributed by atoms with Crippen LogP contribution in [0.3, 0.4) is 0 Å². The zero-order valence-corrected chi connectivity index (χ0v) is 21.5. The van der Waals surface area contributed by atoms with E-state index in [1.54, 1.807) is 6.20 Å². The third-order valence-corrected chi connectivity index (χ3v) is 7.67. The van der Waals surface area contributed by atoms with Crippen molar-refractivity contribution in [3.05, 3.63) is 35.1 Å². The van der Waals surface area contributed by atoms with Gasteiger partial charge in [0.25, 0.3) is 0 Å². The topological polar surface area (TPSA) is 54.8 Å². The van der Waals surface area contributed by atoms with Crippen LogP contribution in [0.2, 0.25) is 0 Å². The van der Waals surface area contributed by atoms with Crippen molar-refractivity contribution < 1.29 is 36.5 Å². The minimum Gasteiger partial charge on any atom is -0.434 e. The number of aliphatic hydroxyl groups excluding tert-OH is 1. The van der Waals surface area contributed by atoms with Gasteiger partial charge in [-0.2, -0.15) is 8.78 Å². The van der Waals surface area contributed by atoms with Gasteiger partial charge in [0.1, 0.15) is 23.4 Å². The Morgan fingerprint density at radius 3 is 2.64 bits per heavy atom. The van der Waals surface area contributed by atoms with Crippen LogP contribution in [-0.2, 0) is 11.3 Å². The molecule has 5 nitrogen and oxygen atoms in total. The number of ether oxygens (including phenoxy) is 2. The van der Waals surface area contributed by atoms with E-state index >= 15 is 0 Å². The lowest BCUT2D eigenvalue weighted by Crippen LogP contribution is -2.52. The van der Waals surface area contributed by atoms with E-state index < -0.39 is 31.1 Å². The van der Waals surface area contributed by atoms with Gasteiger partial charge in [-0.05, 0) is 36.3 Å². The van der Waals surface area contributed by atoms with E-state index in [4.69, 9.17) is 4.74 Å². The number of rotatable bonds is 11. The maximum absolute atomic E-state index is 14.5. The number of thiazole rings is 1. The van der Waals surface area contributed by atoms with Crippen molar-refractivity contribution >= 4 is 11.3 Å². The zero-order valence-electron chi connectivity index (χ0n) is 20.7. The van der Waals surface area contributed by atoms with E-state index in [1.807, 2.05) is 0 Å². The molecule has 36 heavy (non-hydrogen) atoms. The first-order valence-electron chi connectivity index (χ1n) is 11.8. The number of hydrogen-bond donors (Lipinski definition) is 1. The van der Waals surface area contributed by atoms with Crippen LogP contribution < -0.4 is 4.74 Å². The molecule has 1 N–H and O–H groups in total. The predicted octanol–water partition coefficient (Wildman–Crippen LogP) is 6.42. The molecule has 11 heteroatoms. The molecule has 0 unspecified atom stereocenters. The number of alkyl halides is 4. The molecule has 1 aromatic carbocycles. The Kier molecular flexibility index (Phi) is 9.70. The number of hydrogen-bond acceptors (Lipinski definition) is 6. The monoisotopic (exact) mass is 536 g/mol. The van der Waals surface area contributed by atoms with Crippen LogP contribution in [0.15, 0.2) is 24.4 Å². The van der Waals surface area contributed by atoms with Crippen LogP contribution in [0.4, 0.5) is 22.0 Å². The minimum absolute atomic E-state index is 0.0957. The van der Waals surface area contributed by atoms with Crippen molar-refractivity contribution in [2.45, 2.75) is 59.6 Å². The van der Waals surface area contributed by atoms with Gasteiger partial charge < -0.3 is 14.6 Å². The molecule has 1 fully saturated rings. The van der Waals surface area contributed by atoms with Crippen molar-refractivity contribution in [1.29, 1.82) is 0 Å². The largest absolute Gasteiger partial charge is 0.434 e. The summed E-state index contributed by atoms with van der Waals surface area (Å²) in [6, 6.07) is 3.72. The fourth-order valence-corrected chi connectivity index (χ4v) is 5.87. The quantitative estimate of drug-likeness (QED) is 0.266. The van der Waals surface area contributed by atoms with E-state index in [-0.39, 0.29) is 47.1 Å². The molecule has 0 amide bonds. The summed E-state index contributed by atoms with van der Waals surface area (Å²) in [5.41, 5.74) is -0.781. The summed E-state index contributed by atoms with van der Waals surface area (Å²) in [4.78, 5) is 7.19. The SMILES string of the molecule is CC(C)(C)[C@H]1CN(Cc2cnc(-c3c(F)cccc3OC(F)F)s2)C[C@](CCC(F)F)(COCO)C1. The first-order chi connectivity index (χ1) is 16.9. The highest BCUT2D eigenvalue weighted by molar-refractivity contribution is 7.15. The summed E-state index contributed by atoms with van der Waals surface area (Å²) in [6.45, 7) is 4.54. The molecule has 0 spiro atoms. The molecule has 1 aliphatic heterocycles. The fraction of sp³-hybridized carbons (Fsp3) is 0.640. The highest BCUT2D eigenvalue weighted by Gasteiger charge is 2.43. The van der Waals surface area contributed by atoms with Crippen LogP contribution in [0.25, 0.3) is 10.6 Å². The molecule has 3 rings (SSSR count). The van der Waals surface area contributed by atoms with Crippen LogP contribution in [-0.4, -0.2) is 54.5 Å². The molecule has 2 heterocycles. The van der Waals surface area contributed by atoms with Gasteiger partial charge in [0.15, 0.2) is 0 Å². The second-order valence-electron chi connectivity index (χ2n) is 10.5. The van der Waals surface area contributed by atoms with Crippen LogP contribution in [0.5, 0.6) is 5.75 Å². The molecule has 1 aromatic heterocycles. The molecule has 0 bridgehead atoms. The molecule has 0 radical (unpaired) electrons. The van der Waals surface area contributed by atoms with Crippen LogP contribution >= 0.6 is 11.3 Å². The Morgan fingerprint density at radius 1 is 1.25 bits per heavy atom. The summed E-state index contributed by atoms with van der Waals surface area (Å²) in [7, 11) is 0. The number of likely N-dealkylation sites (tertiary alicyclic amines) is 1. The second kappa shape index (κ2) is 12.1. The molecule has 2 aromatic rings. The summed E-state index contributed by atoms with van der Waals surface area (Å²) in [6.07, 6.45) is -0.175. The average molecular weight is 537 g/mol. The molecule has 1 saturated heterocycles. The van der Waals surface area contributed by atoms with Crippen molar-refractivity contribution in [1.82, 2.24) is 9.88 Å². The van der Waals surface area contributed by atoms with E-state index in [9.17, 15) is 27.1 Å². The van der Waals surface area contributed by atoms with E-state index in [0.29, 0.717) is 26.1 Å². The Morgan fingerprint density at radius 2 is 2.00 bits per heavy atom. The normalized spacial score (nSPS) is 21.5. The maximum atomic E-state index is 14.5. The Bertz CT molecular complexity index is 985. The third-order valence-electron chi connectivity index (χ3n) is 6.67. The van der Waals surface area contributed by atoms with Crippen molar-refractivity contribution in [2.24, 2.45) is 16.7 Å². The van der Waals surface area contributed by atoms with Crippen LogP contribution in [0, 0.1) is 22.6 Å². The zero-order chi connectivity index (χ0) is 26.5. The molecule has 2 atom stereocenters. The first kappa shape index (κ1) is 28.7. The lowest BCUT2D eigenvalue weighted by molar-refractivity contribution is -0.0943. The van der Waals surface area contributed by atoms with E-state index in [2.05, 4.69) is 35.4 Å². The first-order valence-corrected chi connectivity index (χ1v) is 12.6. The molecule has 1 aliphatic rings. The number of nitrogens with zero attached hydrogens (tertiary/aromatic N) is 2. The molecular formula is C25H33F5N2O3S. The van der Waals surface area contributed by atoms with Crippen molar-refractivity contribution in [3.63, 3.8) is 0 Å². The number of halogens is 5. The van der Waals surface area contributed by atoms with Crippen molar-refractivity contribution in [2.75, 3.05) is 26.5 Å². The summed E-state index contributed by atoms with van der Waals surface area (Å²) in [5, 5.41) is 9.47. The van der Waals surface area contributed by atoms with E-state index in [0.717, 1.165) is 10.9 Å². The Labute approximate surface area is 212 Å². The summed E-state index contributed by atoms with van der Waals surface area (Å²) in [5.74, 6) is -0.827. The van der Waals surface area contributed by atoms with Crippen molar-refractivity contribution in [3.8, 4) is 16.3 Å². The highest BCUT2D eigenvalue weighted by atomic mass is 32.1. The minimum atomic E-state index is -3.10. The average Bonchev–Trinajstić information content (AvgIpc) is 3.23. The molecule has 0 aliphatic carbocycles. The van der Waals surface area contributed by atoms with Gasteiger partial charge in [0, 0.05) is 42.5 Å². The molecule has 0 saturated carbocycles. The van der Waals surface area contributed by atoms with Gasteiger partial charge >= 0.3 is 6.61 Å². The van der Waals surface area contributed by atoms with Gasteiger partial charge in [-0.15, -0.1) is 11.3 Å². The van der Waals surface area contributed by atoms with Gasteiger partial charge in [-0.1, -0.05) is 26.8 Å². The second-order valence-corrected chi connectivity index (χ2v) is 11.6. The van der Waals surface area contributed by atoms with Crippen LogP contribution in [0.1, 0.15) is 44.9 Å². The molecule has 202 valence electrons. The van der Waals surface area contributed by atoms with Gasteiger partial charge in [0.05, 0.1) is 12.2 Å².